The van der Waals surface area contributed by atoms with Crippen molar-refractivity contribution in [2.75, 3.05) is 0 Å². The molecule has 0 atom stereocenters. The maximum absolute atomic E-state index is 14.1. The Bertz CT molecular complexity index is 700. The van der Waals surface area contributed by atoms with E-state index in [0.717, 1.165) is 49.3 Å². The lowest BCUT2D eigenvalue weighted by Gasteiger charge is -2.29. The molecule has 3 rings (SSSR count). The molecule has 2 aromatic rings. The molecule has 0 spiro atoms. The molecule has 0 N–H and O–H groups in total. The van der Waals surface area contributed by atoms with E-state index in [2.05, 4.69) is 0 Å². The van der Waals surface area contributed by atoms with Crippen molar-refractivity contribution in [1.29, 1.82) is 0 Å². The van der Waals surface area contributed by atoms with Crippen LogP contribution in [-0.2, 0) is 6.42 Å². The quantitative estimate of drug-likeness (QED) is 0.614. The summed E-state index contributed by atoms with van der Waals surface area (Å²) < 4.78 is 41.0. The first kappa shape index (κ1) is 17.1. The number of hydrogen-bond donors (Lipinski definition) is 0. The molecule has 2 aromatic carbocycles. The molecule has 1 fully saturated rings. The monoisotopic (exact) mass is 332 g/mol. The lowest BCUT2D eigenvalue weighted by Crippen LogP contribution is -2.15. The summed E-state index contributed by atoms with van der Waals surface area (Å²) in [6, 6.07) is 9.86. The van der Waals surface area contributed by atoms with Crippen molar-refractivity contribution in [2.45, 2.75) is 51.4 Å². The van der Waals surface area contributed by atoms with E-state index in [1.807, 2.05) is 19.1 Å². The second-order valence-electron chi connectivity index (χ2n) is 6.99. The second kappa shape index (κ2) is 7.42. The molecule has 1 aliphatic carbocycles. The first-order chi connectivity index (χ1) is 11.5. The van der Waals surface area contributed by atoms with Gasteiger partial charge in [-0.3, -0.25) is 0 Å². The summed E-state index contributed by atoms with van der Waals surface area (Å²) in [6.07, 6.45) is 5.41. The summed E-state index contributed by atoms with van der Waals surface area (Å²) in [5, 5.41) is 0. The number of halogens is 3. The maximum atomic E-state index is 14.1. The molecule has 0 radical (unpaired) electrons. The van der Waals surface area contributed by atoms with Gasteiger partial charge in [0.25, 0.3) is 0 Å². The fraction of sp³-hybridized carbons (Fsp3) is 0.429. The van der Waals surface area contributed by atoms with E-state index in [1.165, 1.54) is 0 Å². The smallest absolute Gasteiger partial charge is 0.162 e. The van der Waals surface area contributed by atoms with Crippen LogP contribution < -0.4 is 0 Å². The Morgan fingerprint density at radius 1 is 0.917 bits per heavy atom. The van der Waals surface area contributed by atoms with E-state index in [-0.39, 0.29) is 11.7 Å². The van der Waals surface area contributed by atoms with Gasteiger partial charge in [0.15, 0.2) is 11.6 Å². The molecule has 1 aliphatic rings. The van der Waals surface area contributed by atoms with Gasteiger partial charge in [-0.1, -0.05) is 24.3 Å². The lowest BCUT2D eigenvalue weighted by molar-refractivity contribution is 0.305. The van der Waals surface area contributed by atoms with Crippen molar-refractivity contribution in [3.8, 4) is 0 Å². The fourth-order valence-corrected chi connectivity index (χ4v) is 3.83. The molecule has 0 saturated heterocycles. The summed E-state index contributed by atoms with van der Waals surface area (Å²) in [7, 11) is 0. The van der Waals surface area contributed by atoms with Gasteiger partial charge in [0, 0.05) is 0 Å². The molecule has 128 valence electrons. The van der Waals surface area contributed by atoms with Crippen LogP contribution in [0.25, 0.3) is 0 Å². The van der Waals surface area contributed by atoms with Gasteiger partial charge in [-0.2, -0.15) is 0 Å². The minimum Gasteiger partial charge on any atom is -0.207 e. The zero-order valence-corrected chi connectivity index (χ0v) is 14.0. The van der Waals surface area contributed by atoms with Crippen LogP contribution in [0.1, 0.15) is 54.7 Å². The summed E-state index contributed by atoms with van der Waals surface area (Å²) >= 11 is 0. The third-order valence-electron chi connectivity index (χ3n) is 5.30. The van der Waals surface area contributed by atoms with Gasteiger partial charge < -0.3 is 0 Å². The zero-order chi connectivity index (χ0) is 17.1. The molecule has 24 heavy (non-hydrogen) atoms. The summed E-state index contributed by atoms with van der Waals surface area (Å²) in [6.45, 7) is 1.90. The largest absolute Gasteiger partial charge is 0.207 e. The highest BCUT2D eigenvalue weighted by Gasteiger charge is 2.24. The molecule has 1 saturated carbocycles. The number of benzene rings is 2. The van der Waals surface area contributed by atoms with Gasteiger partial charge in [0.1, 0.15) is 5.82 Å². The van der Waals surface area contributed by atoms with Gasteiger partial charge in [-0.05, 0) is 86.1 Å². The van der Waals surface area contributed by atoms with Crippen molar-refractivity contribution < 1.29 is 13.2 Å². The normalized spacial score (nSPS) is 21.0. The summed E-state index contributed by atoms with van der Waals surface area (Å²) in [4.78, 5) is 0. The molecule has 0 unspecified atom stereocenters. The second-order valence-corrected chi connectivity index (χ2v) is 6.99. The molecule has 3 heteroatoms. The first-order valence-electron chi connectivity index (χ1n) is 8.73. The zero-order valence-electron chi connectivity index (χ0n) is 14.0. The molecular weight excluding hydrogens is 309 g/mol. The maximum Gasteiger partial charge on any atom is 0.162 e. The van der Waals surface area contributed by atoms with E-state index >= 15 is 0 Å². The first-order valence-corrected chi connectivity index (χ1v) is 8.73. The Morgan fingerprint density at radius 3 is 2.38 bits per heavy atom. The molecule has 0 bridgehead atoms. The molecule has 0 heterocycles. The van der Waals surface area contributed by atoms with Crippen molar-refractivity contribution in [3.05, 3.63) is 70.5 Å². The van der Waals surface area contributed by atoms with Gasteiger partial charge in [-0.25, -0.2) is 13.2 Å². The van der Waals surface area contributed by atoms with Crippen molar-refractivity contribution in [2.24, 2.45) is 5.92 Å². The van der Waals surface area contributed by atoms with Crippen LogP contribution in [0.4, 0.5) is 13.2 Å². The van der Waals surface area contributed by atoms with Crippen LogP contribution >= 0.6 is 0 Å². The van der Waals surface area contributed by atoms with Crippen LogP contribution in [0.15, 0.2) is 36.4 Å². The number of aryl methyl sites for hydroxylation is 2. The van der Waals surface area contributed by atoms with Crippen LogP contribution in [-0.4, -0.2) is 0 Å². The minimum absolute atomic E-state index is 0.0970. The SMILES string of the molecule is Cc1ccc(C2CCC(CCc3cccc(F)c3F)CC2)c(F)c1. The van der Waals surface area contributed by atoms with Crippen LogP contribution in [0.5, 0.6) is 0 Å². The van der Waals surface area contributed by atoms with E-state index in [9.17, 15) is 13.2 Å². The van der Waals surface area contributed by atoms with Gasteiger partial charge in [-0.15, -0.1) is 0 Å². The fourth-order valence-electron chi connectivity index (χ4n) is 3.83. The Hall–Kier alpha value is -1.77. The standard InChI is InChI=1S/C21H23F3/c1-14-5-12-18(20(23)13-14)16-9-6-15(7-10-16)8-11-17-3-2-4-19(22)21(17)24/h2-5,12-13,15-16H,6-11H2,1H3. The number of rotatable bonds is 4. The topological polar surface area (TPSA) is 0 Å². The van der Waals surface area contributed by atoms with Crippen LogP contribution in [0.3, 0.4) is 0 Å². The lowest BCUT2D eigenvalue weighted by atomic mass is 9.76. The van der Waals surface area contributed by atoms with Gasteiger partial charge in [0.05, 0.1) is 0 Å². The minimum atomic E-state index is -0.772. The summed E-state index contributed by atoms with van der Waals surface area (Å²) in [5.74, 6) is -0.788. The van der Waals surface area contributed by atoms with E-state index < -0.39 is 11.6 Å². The van der Waals surface area contributed by atoms with E-state index in [1.54, 1.807) is 18.2 Å². The molecule has 0 nitrogen and oxygen atoms in total. The third kappa shape index (κ3) is 3.82. The highest BCUT2D eigenvalue weighted by atomic mass is 19.2. The van der Waals surface area contributed by atoms with E-state index in [4.69, 9.17) is 0 Å². The number of hydrogen-bond acceptors (Lipinski definition) is 0. The van der Waals surface area contributed by atoms with Crippen LogP contribution in [0, 0.1) is 30.3 Å². The average Bonchev–Trinajstić information content (AvgIpc) is 2.57. The summed E-state index contributed by atoms with van der Waals surface area (Å²) in [5.41, 5.74) is 2.24. The van der Waals surface area contributed by atoms with Gasteiger partial charge >= 0.3 is 0 Å². The Kier molecular flexibility index (Phi) is 5.27. The highest BCUT2D eigenvalue weighted by Crippen LogP contribution is 2.38. The Morgan fingerprint density at radius 2 is 1.67 bits per heavy atom. The van der Waals surface area contributed by atoms with Gasteiger partial charge in [0.2, 0.25) is 0 Å². The van der Waals surface area contributed by atoms with Crippen molar-refractivity contribution >= 4 is 0 Å². The van der Waals surface area contributed by atoms with Crippen molar-refractivity contribution in [3.63, 3.8) is 0 Å². The van der Waals surface area contributed by atoms with Crippen molar-refractivity contribution in [1.82, 2.24) is 0 Å². The third-order valence-corrected chi connectivity index (χ3v) is 5.30. The highest BCUT2D eigenvalue weighted by molar-refractivity contribution is 5.27. The molecule has 0 aromatic heterocycles. The molecule has 0 aliphatic heterocycles. The predicted octanol–water partition coefficient (Wildman–Crippen LogP) is 6.32. The average molecular weight is 332 g/mol. The van der Waals surface area contributed by atoms with Crippen LogP contribution in [0.2, 0.25) is 0 Å². The Balaban J connectivity index is 1.54. The molecular formula is C21H23F3. The van der Waals surface area contributed by atoms with E-state index in [0.29, 0.717) is 17.9 Å². The Labute approximate surface area is 141 Å². The predicted molar refractivity (Wildman–Crippen MR) is 90.5 cm³/mol. The molecule has 0 amide bonds.